The van der Waals surface area contributed by atoms with E-state index in [-0.39, 0.29) is 12.5 Å². The van der Waals surface area contributed by atoms with Gasteiger partial charge in [-0.15, -0.1) is 0 Å². The van der Waals surface area contributed by atoms with Crippen molar-refractivity contribution in [2.75, 3.05) is 33.2 Å². The van der Waals surface area contributed by atoms with E-state index in [0.717, 1.165) is 32.4 Å². The van der Waals surface area contributed by atoms with Gasteiger partial charge < -0.3 is 10.6 Å². The zero-order valence-corrected chi connectivity index (χ0v) is 12.9. The van der Waals surface area contributed by atoms with Crippen LogP contribution in [-0.2, 0) is 4.79 Å². The van der Waals surface area contributed by atoms with Gasteiger partial charge in [-0.2, -0.15) is 0 Å². The van der Waals surface area contributed by atoms with Gasteiger partial charge in [0, 0.05) is 12.6 Å². The first kappa shape index (κ1) is 16.9. The second kappa shape index (κ2) is 8.92. The monoisotopic (exact) mass is 284 g/mol. The molecule has 116 valence electrons. The van der Waals surface area contributed by atoms with Crippen molar-refractivity contribution in [1.29, 1.82) is 0 Å². The van der Waals surface area contributed by atoms with E-state index in [1.165, 1.54) is 0 Å². The fourth-order valence-corrected chi connectivity index (χ4v) is 2.30. The molecular formula is C14H28N4O2. The zero-order valence-electron chi connectivity index (χ0n) is 12.9. The lowest BCUT2D eigenvalue weighted by atomic mass is 10.1. The lowest BCUT2D eigenvalue weighted by molar-refractivity contribution is -0.121. The van der Waals surface area contributed by atoms with Gasteiger partial charge in [0.2, 0.25) is 5.91 Å². The molecule has 0 saturated carbocycles. The Hall–Kier alpha value is -1.14. The Bertz CT molecular complexity index is 312. The predicted octanol–water partition coefficient (Wildman–Crippen LogP) is 0.542. The standard InChI is InChI=1S/C14H28N4O2/c1-11(2)9-16-14(20)17-13(19)10-18(3)12-5-4-7-15-8-6-12/h11-12,15H,4-10H2,1-3H3,(H2,16,17,19,20). The minimum atomic E-state index is -0.403. The molecule has 20 heavy (non-hydrogen) atoms. The second-order valence-corrected chi connectivity index (χ2v) is 5.90. The highest BCUT2D eigenvalue weighted by molar-refractivity contribution is 5.95. The molecule has 1 aliphatic rings. The van der Waals surface area contributed by atoms with Crippen molar-refractivity contribution in [3.8, 4) is 0 Å². The maximum Gasteiger partial charge on any atom is 0.321 e. The molecule has 3 N–H and O–H groups in total. The van der Waals surface area contributed by atoms with Gasteiger partial charge in [0.05, 0.1) is 6.54 Å². The van der Waals surface area contributed by atoms with E-state index in [1.54, 1.807) is 0 Å². The van der Waals surface area contributed by atoms with Crippen molar-refractivity contribution < 1.29 is 9.59 Å². The minimum Gasteiger partial charge on any atom is -0.338 e. The van der Waals surface area contributed by atoms with Crippen LogP contribution < -0.4 is 16.0 Å². The number of urea groups is 1. The number of rotatable bonds is 5. The molecule has 1 unspecified atom stereocenters. The molecule has 1 aliphatic heterocycles. The van der Waals surface area contributed by atoms with Gasteiger partial charge in [-0.3, -0.25) is 15.0 Å². The molecule has 3 amide bonds. The van der Waals surface area contributed by atoms with E-state index >= 15 is 0 Å². The first-order valence-corrected chi connectivity index (χ1v) is 7.47. The Morgan fingerprint density at radius 1 is 1.30 bits per heavy atom. The molecule has 1 heterocycles. The summed E-state index contributed by atoms with van der Waals surface area (Å²) in [6.07, 6.45) is 3.27. The number of carbonyl (C=O) groups is 2. The quantitative estimate of drug-likeness (QED) is 0.689. The SMILES string of the molecule is CC(C)CNC(=O)NC(=O)CN(C)C1CCCNCC1. The fourth-order valence-electron chi connectivity index (χ4n) is 2.30. The average molecular weight is 284 g/mol. The number of likely N-dealkylation sites (N-methyl/N-ethyl adjacent to an activating group) is 1. The van der Waals surface area contributed by atoms with Crippen LogP contribution in [0.1, 0.15) is 33.1 Å². The summed E-state index contributed by atoms with van der Waals surface area (Å²) < 4.78 is 0. The first-order chi connectivity index (χ1) is 9.49. The van der Waals surface area contributed by atoms with Gasteiger partial charge in [0.1, 0.15) is 0 Å². The summed E-state index contributed by atoms with van der Waals surface area (Å²) in [5.74, 6) is 0.128. The van der Waals surface area contributed by atoms with Crippen LogP contribution in [-0.4, -0.2) is 56.1 Å². The molecule has 0 aliphatic carbocycles. The Kier molecular flexibility index (Phi) is 7.54. The maximum atomic E-state index is 11.8. The Morgan fingerprint density at radius 3 is 2.75 bits per heavy atom. The molecule has 0 aromatic heterocycles. The van der Waals surface area contributed by atoms with Gasteiger partial charge in [0.15, 0.2) is 0 Å². The molecule has 6 nitrogen and oxygen atoms in total. The van der Waals surface area contributed by atoms with Crippen molar-refractivity contribution >= 4 is 11.9 Å². The smallest absolute Gasteiger partial charge is 0.321 e. The summed E-state index contributed by atoms with van der Waals surface area (Å²) in [5.41, 5.74) is 0. The number of nitrogens with one attached hydrogen (secondary N) is 3. The van der Waals surface area contributed by atoms with Gasteiger partial charge in [-0.25, -0.2) is 4.79 Å². The van der Waals surface area contributed by atoms with Gasteiger partial charge in [0.25, 0.3) is 0 Å². The van der Waals surface area contributed by atoms with E-state index in [1.807, 2.05) is 25.8 Å². The molecule has 0 bridgehead atoms. The summed E-state index contributed by atoms with van der Waals surface area (Å²) in [4.78, 5) is 25.3. The maximum absolute atomic E-state index is 11.8. The third-order valence-corrected chi connectivity index (χ3v) is 3.49. The number of carbonyl (C=O) groups excluding carboxylic acids is 2. The van der Waals surface area contributed by atoms with Crippen molar-refractivity contribution in [1.82, 2.24) is 20.9 Å². The molecule has 0 aromatic rings. The zero-order chi connectivity index (χ0) is 15.0. The largest absolute Gasteiger partial charge is 0.338 e. The van der Waals surface area contributed by atoms with Gasteiger partial charge >= 0.3 is 6.03 Å². The summed E-state index contributed by atoms with van der Waals surface area (Å²) in [6.45, 7) is 6.90. The molecule has 1 fully saturated rings. The second-order valence-electron chi connectivity index (χ2n) is 5.90. The van der Waals surface area contributed by atoms with Crippen LogP contribution in [0, 0.1) is 5.92 Å². The molecule has 6 heteroatoms. The lowest BCUT2D eigenvalue weighted by Crippen LogP contribution is -2.46. The van der Waals surface area contributed by atoms with Crippen molar-refractivity contribution in [2.45, 2.75) is 39.2 Å². The first-order valence-electron chi connectivity index (χ1n) is 7.47. The lowest BCUT2D eigenvalue weighted by Gasteiger charge is -2.26. The molecule has 0 radical (unpaired) electrons. The predicted molar refractivity (Wildman–Crippen MR) is 79.5 cm³/mol. The van der Waals surface area contributed by atoms with Crippen LogP contribution in [0.4, 0.5) is 4.79 Å². The normalized spacial score (nSPS) is 19.8. The number of imide groups is 1. The van der Waals surface area contributed by atoms with E-state index in [9.17, 15) is 9.59 Å². The van der Waals surface area contributed by atoms with Crippen molar-refractivity contribution in [3.05, 3.63) is 0 Å². The van der Waals surface area contributed by atoms with Crippen molar-refractivity contribution in [2.24, 2.45) is 5.92 Å². The molecule has 1 rings (SSSR count). The van der Waals surface area contributed by atoms with Crippen LogP contribution in [0.3, 0.4) is 0 Å². The summed E-state index contributed by atoms with van der Waals surface area (Å²) in [7, 11) is 1.95. The van der Waals surface area contributed by atoms with E-state index in [2.05, 4.69) is 16.0 Å². The molecule has 0 aromatic carbocycles. The van der Waals surface area contributed by atoms with Crippen LogP contribution in [0.25, 0.3) is 0 Å². The van der Waals surface area contributed by atoms with Crippen LogP contribution >= 0.6 is 0 Å². The highest BCUT2D eigenvalue weighted by Crippen LogP contribution is 2.11. The minimum absolute atomic E-state index is 0.244. The summed E-state index contributed by atoms with van der Waals surface area (Å²) >= 11 is 0. The highest BCUT2D eigenvalue weighted by Gasteiger charge is 2.19. The van der Waals surface area contributed by atoms with Crippen molar-refractivity contribution in [3.63, 3.8) is 0 Å². The highest BCUT2D eigenvalue weighted by atomic mass is 16.2. The summed E-state index contributed by atoms with van der Waals surface area (Å²) in [5, 5.41) is 8.40. The summed E-state index contributed by atoms with van der Waals surface area (Å²) in [6, 6.07) is 0.00843. The third-order valence-electron chi connectivity index (χ3n) is 3.49. The molecule has 1 saturated heterocycles. The Labute approximate surface area is 121 Å². The molecule has 0 spiro atoms. The fraction of sp³-hybridized carbons (Fsp3) is 0.857. The third kappa shape index (κ3) is 6.86. The Balaban J connectivity index is 2.27. The van der Waals surface area contributed by atoms with Gasteiger partial charge in [-0.1, -0.05) is 13.8 Å². The van der Waals surface area contributed by atoms with Gasteiger partial charge in [-0.05, 0) is 45.3 Å². The number of hydrogen-bond acceptors (Lipinski definition) is 4. The van der Waals surface area contributed by atoms with Crippen LogP contribution in [0.2, 0.25) is 0 Å². The Morgan fingerprint density at radius 2 is 2.05 bits per heavy atom. The number of hydrogen-bond donors (Lipinski definition) is 3. The molecular weight excluding hydrogens is 256 g/mol. The number of nitrogens with zero attached hydrogens (tertiary/aromatic N) is 1. The topological polar surface area (TPSA) is 73.5 Å². The average Bonchev–Trinajstić information content (AvgIpc) is 2.64. The van der Waals surface area contributed by atoms with E-state index in [0.29, 0.717) is 18.5 Å². The molecule has 1 atom stereocenters. The van der Waals surface area contributed by atoms with Crippen LogP contribution in [0.15, 0.2) is 0 Å². The van der Waals surface area contributed by atoms with E-state index in [4.69, 9.17) is 0 Å². The van der Waals surface area contributed by atoms with Crippen LogP contribution in [0.5, 0.6) is 0 Å². The van der Waals surface area contributed by atoms with E-state index < -0.39 is 6.03 Å². The number of amides is 3.